The molecule has 5 aromatic heterocycles. The van der Waals surface area contributed by atoms with E-state index in [0.29, 0.717) is 42.6 Å². The number of aromatic nitrogens is 7. The number of aryl methyl sites for hydroxylation is 1. The largest absolute Gasteiger partial charge is 0.447 e. The van der Waals surface area contributed by atoms with Crippen LogP contribution in [0, 0.1) is 5.82 Å². The molecule has 5 aromatic rings. The number of Topliss-reactive ketones (excluding diaryl/α,β-unsaturated/α-hetero) is 1. The molecular weight excluding hydrogens is 527 g/mol. The van der Waals surface area contributed by atoms with E-state index in [1.54, 1.807) is 22.0 Å². The van der Waals surface area contributed by atoms with Crippen LogP contribution in [0.15, 0.2) is 43.2 Å². The Balaban J connectivity index is 1.09. The summed E-state index contributed by atoms with van der Waals surface area (Å²) in [6.45, 7) is 1.12. The van der Waals surface area contributed by atoms with Crippen LogP contribution in [0.3, 0.4) is 0 Å². The summed E-state index contributed by atoms with van der Waals surface area (Å²) >= 11 is 5.91. The molecule has 7 rings (SSSR count). The van der Waals surface area contributed by atoms with Crippen LogP contribution in [0.2, 0.25) is 5.02 Å². The summed E-state index contributed by atoms with van der Waals surface area (Å²) in [4.78, 5) is 35.7. The van der Waals surface area contributed by atoms with Crippen LogP contribution in [0.25, 0.3) is 11.2 Å². The van der Waals surface area contributed by atoms with Crippen LogP contribution in [0.1, 0.15) is 52.6 Å². The maximum atomic E-state index is 14.5. The number of hydrogen-bond acceptors (Lipinski definition) is 7. The first-order valence-corrected chi connectivity index (χ1v) is 13.0. The fraction of sp³-hybridized carbons (Fsp3) is 0.308. The van der Waals surface area contributed by atoms with E-state index in [2.05, 4.69) is 21.5 Å². The normalized spacial score (nSPS) is 15.5. The standard InChI is InChI=1S/C26H22ClFN8O3/c27-18-5-6-33-14-29-19(24(33)23(18)28)3-4-22(37)20-13-35(32-31-20)12-17-11-34-10-16(15-1-2-15)9-21(25(34)30-17)36-7-8-39-26(36)38/h5-6,9-11,13-15H,1-4,7-8,12H2. The highest BCUT2D eigenvalue weighted by molar-refractivity contribution is 6.31. The number of anilines is 1. The number of fused-ring (bicyclic) bond motifs is 2. The number of carbonyl (C=O) groups excluding carboxylic acids is 2. The highest BCUT2D eigenvalue weighted by atomic mass is 35.5. The topological polar surface area (TPSA) is 112 Å². The van der Waals surface area contributed by atoms with E-state index < -0.39 is 5.82 Å². The number of amides is 1. The molecule has 1 saturated carbocycles. The molecule has 0 spiro atoms. The van der Waals surface area contributed by atoms with Gasteiger partial charge in [0.05, 0.1) is 47.7 Å². The average Bonchev–Trinajstić information content (AvgIpc) is 3.26. The van der Waals surface area contributed by atoms with Gasteiger partial charge < -0.3 is 13.5 Å². The lowest BCUT2D eigenvalue weighted by Crippen LogP contribution is -2.24. The second-order valence-corrected chi connectivity index (χ2v) is 10.2. The van der Waals surface area contributed by atoms with Crippen LogP contribution in [0.5, 0.6) is 0 Å². The second kappa shape index (κ2) is 9.16. The van der Waals surface area contributed by atoms with Gasteiger partial charge in [-0.1, -0.05) is 16.8 Å². The predicted octanol–water partition coefficient (Wildman–Crippen LogP) is 4.06. The van der Waals surface area contributed by atoms with Gasteiger partial charge >= 0.3 is 6.09 Å². The lowest BCUT2D eigenvalue weighted by Gasteiger charge is -2.15. The minimum absolute atomic E-state index is 0.00158. The van der Waals surface area contributed by atoms with Gasteiger partial charge in [0.15, 0.2) is 17.2 Å². The van der Waals surface area contributed by atoms with Crippen molar-refractivity contribution in [3.05, 3.63) is 76.7 Å². The Kier molecular flexibility index (Phi) is 5.58. The SMILES string of the molecule is O=C(CCc1ncn2ccc(Cl)c(F)c12)c1cn(Cc2cn3cc(C4CC4)cc(N4CCOC4=O)c3n2)nn1. The van der Waals surface area contributed by atoms with Crippen molar-refractivity contribution in [1.29, 1.82) is 0 Å². The summed E-state index contributed by atoms with van der Waals surface area (Å²) in [5.74, 6) is -0.301. The first kappa shape index (κ1) is 23.8. The first-order chi connectivity index (χ1) is 18.9. The Bertz CT molecular complexity index is 1770. The predicted molar refractivity (Wildman–Crippen MR) is 138 cm³/mol. The summed E-state index contributed by atoms with van der Waals surface area (Å²) in [6, 6.07) is 3.49. The zero-order chi connectivity index (χ0) is 26.7. The fourth-order valence-electron chi connectivity index (χ4n) is 4.98. The zero-order valence-electron chi connectivity index (χ0n) is 20.6. The van der Waals surface area contributed by atoms with Gasteiger partial charge in [0, 0.05) is 25.0 Å². The summed E-state index contributed by atoms with van der Waals surface area (Å²) in [5, 5.41) is 8.14. The zero-order valence-corrected chi connectivity index (χ0v) is 21.4. The third-order valence-electron chi connectivity index (χ3n) is 7.11. The van der Waals surface area contributed by atoms with E-state index in [0.717, 1.165) is 18.5 Å². The van der Waals surface area contributed by atoms with Gasteiger partial charge in [0.1, 0.15) is 17.8 Å². The van der Waals surface area contributed by atoms with Crippen molar-refractivity contribution in [3.63, 3.8) is 0 Å². The van der Waals surface area contributed by atoms with Gasteiger partial charge in [-0.05, 0) is 42.9 Å². The Labute approximate surface area is 225 Å². The molecule has 1 aliphatic carbocycles. The number of rotatable bonds is 8. The van der Waals surface area contributed by atoms with Crippen molar-refractivity contribution < 1.29 is 18.7 Å². The highest BCUT2D eigenvalue weighted by Crippen LogP contribution is 2.42. The molecule has 198 valence electrons. The smallest absolute Gasteiger partial charge is 0.414 e. The molecular formula is C26H22ClFN8O3. The minimum Gasteiger partial charge on any atom is -0.447 e. The maximum Gasteiger partial charge on any atom is 0.414 e. The van der Waals surface area contributed by atoms with Gasteiger partial charge in [-0.3, -0.25) is 9.69 Å². The number of nitrogens with zero attached hydrogens (tertiary/aromatic N) is 8. The van der Waals surface area contributed by atoms with Crippen LogP contribution in [-0.2, 0) is 17.7 Å². The van der Waals surface area contributed by atoms with Crippen LogP contribution in [0.4, 0.5) is 14.9 Å². The highest BCUT2D eigenvalue weighted by Gasteiger charge is 2.30. The molecule has 0 aromatic carbocycles. The Morgan fingerprint density at radius 3 is 2.87 bits per heavy atom. The molecule has 6 heterocycles. The molecule has 0 bridgehead atoms. The summed E-state index contributed by atoms with van der Waals surface area (Å²) < 4.78 is 24.7. The molecule has 13 heteroatoms. The lowest BCUT2D eigenvalue weighted by molar-refractivity contribution is 0.0977. The second-order valence-electron chi connectivity index (χ2n) is 9.81. The summed E-state index contributed by atoms with van der Waals surface area (Å²) in [6.07, 6.45) is 10.9. The Morgan fingerprint density at radius 2 is 2.08 bits per heavy atom. The van der Waals surface area contributed by atoms with Gasteiger partial charge in [-0.25, -0.2) is 23.8 Å². The van der Waals surface area contributed by atoms with Crippen molar-refractivity contribution >= 4 is 40.3 Å². The van der Waals surface area contributed by atoms with E-state index in [-0.39, 0.29) is 41.0 Å². The molecule has 0 N–H and O–H groups in total. The van der Waals surface area contributed by atoms with Crippen LogP contribution in [-0.4, -0.2) is 58.8 Å². The number of halogens is 2. The number of ketones is 1. The summed E-state index contributed by atoms with van der Waals surface area (Å²) in [7, 11) is 0. The van der Waals surface area contributed by atoms with E-state index in [1.165, 1.54) is 22.4 Å². The van der Waals surface area contributed by atoms with Crippen LogP contribution < -0.4 is 4.90 Å². The van der Waals surface area contributed by atoms with Gasteiger partial charge in [-0.2, -0.15) is 0 Å². The third-order valence-corrected chi connectivity index (χ3v) is 7.40. The molecule has 39 heavy (non-hydrogen) atoms. The van der Waals surface area contributed by atoms with Crippen molar-refractivity contribution in [2.45, 2.75) is 38.1 Å². The van der Waals surface area contributed by atoms with Gasteiger partial charge in [0.25, 0.3) is 0 Å². The monoisotopic (exact) mass is 548 g/mol. The maximum absolute atomic E-state index is 14.5. The number of hydrogen-bond donors (Lipinski definition) is 0. The van der Waals surface area contributed by atoms with Crippen molar-refractivity contribution in [3.8, 4) is 0 Å². The van der Waals surface area contributed by atoms with E-state index >= 15 is 0 Å². The lowest BCUT2D eigenvalue weighted by atomic mass is 10.1. The molecule has 11 nitrogen and oxygen atoms in total. The van der Waals surface area contributed by atoms with Gasteiger partial charge in [0.2, 0.25) is 0 Å². The first-order valence-electron chi connectivity index (χ1n) is 12.6. The molecule has 1 amide bonds. The molecule has 0 atom stereocenters. The number of ether oxygens (including phenoxy) is 1. The van der Waals surface area contributed by atoms with Crippen molar-refractivity contribution in [1.82, 2.24) is 33.8 Å². The fourth-order valence-corrected chi connectivity index (χ4v) is 5.12. The van der Waals surface area contributed by atoms with E-state index in [4.69, 9.17) is 21.3 Å². The Hall–Kier alpha value is -4.32. The quantitative estimate of drug-likeness (QED) is 0.269. The molecule has 2 fully saturated rings. The Morgan fingerprint density at radius 1 is 1.21 bits per heavy atom. The molecule has 0 unspecified atom stereocenters. The molecule has 2 aliphatic rings. The van der Waals surface area contributed by atoms with E-state index in [1.807, 2.05) is 16.7 Å². The molecule has 1 aliphatic heterocycles. The van der Waals surface area contributed by atoms with E-state index in [9.17, 15) is 14.0 Å². The van der Waals surface area contributed by atoms with Crippen molar-refractivity contribution in [2.24, 2.45) is 0 Å². The number of cyclic esters (lactones) is 1. The molecule has 0 radical (unpaired) electrons. The number of carbonyl (C=O) groups is 2. The third kappa shape index (κ3) is 4.30. The van der Waals surface area contributed by atoms with Gasteiger partial charge in [-0.15, -0.1) is 5.10 Å². The average molecular weight is 549 g/mol. The summed E-state index contributed by atoms with van der Waals surface area (Å²) in [5.41, 5.74) is 4.18. The molecule has 1 saturated heterocycles. The minimum atomic E-state index is -0.563. The van der Waals surface area contributed by atoms with Crippen molar-refractivity contribution in [2.75, 3.05) is 18.1 Å². The number of imidazole rings is 2. The number of pyridine rings is 2. The van der Waals surface area contributed by atoms with Crippen LogP contribution >= 0.6 is 11.6 Å².